The Balaban J connectivity index is 2.51. The molecule has 1 N–H and O–H groups in total. The fourth-order valence-electron chi connectivity index (χ4n) is 4.02. The Hall–Kier alpha value is -3.07. The van der Waals surface area contributed by atoms with Gasteiger partial charge in [0, 0.05) is 12.1 Å². The molecule has 0 radical (unpaired) electrons. The fraction of sp³-hybridized carbons (Fsp3) is 0.481. The van der Waals surface area contributed by atoms with Crippen LogP contribution in [-0.4, -0.2) is 56.6 Å². The highest BCUT2D eigenvalue weighted by Crippen LogP contribution is 2.25. The van der Waals surface area contributed by atoms with Crippen molar-refractivity contribution in [3.05, 3.63) is 59.2 Å². The Labute approximate surface area is 215 Å². The van der Waals surface area contributed by atoms with Crippen molar-refractivity contribution in [3.8, 4) is 5.75 Å². The summed E-state index contributed by atoms with van der Waals surface area (Å²) in [4.78, 5) is 28.5. The van der Waals surface area contributed by atoms with E-state index in [1.54, 1.807) is 25.3 Å². The molecule has 198 valence electrons. The van der Waals surface area contributed by atoms with E-state index < -0.39 is 34.1 Å². The minimum absolute atomic E-state index is 0.122. The number of sulfonamides is 1. The summed E-state index contributed by atoms with van der Waals surface area (Å²) in [5, 5.41) is 2.96. The van der Waals surface area contributed by atoms with Crippen LogP contribution in [0.4, 0.5) is 5.69 Å². The number of anilines is 1. The number of aryl methyl sites for hydroxylation is 2. The summed E-state index contributed by atoms with van der Waals surface area (Å²) >= 11 is 0. The number of rotatable bonds is 10. The normalized spacial score (nSPS) is 12.6. The van der Waals surface area contributed by atoms with Gasteiger partial charge in [-0.2, -0.15) is 0 Å². The predicted octanol–water partition coefficient (Wildman–Crippen LogP) is 3.80. The van der Waals surface area contributed by atoms with Crippen molar-refractivity contribution in [2.24, 2.45) is 0 Å². The maximum Gasteiger partial charge on any atom is 0.244 e. The molecule has 0 saturated carbocycles. The topological polar surface area (TPSA) is 96.0 Å². The van der Waals surface area contributed by atoms with Crippen LogP contribution in [-0.2, 0) is 26.2 Å². The number of carbonyl (C=O) groups is 2. The van der Waals surface area contributed by atoms with Gasteiger partial charge in [-0.05, 0) is 70.4 Å². The lowest BCUT2D eigenvalue weighted by Crippen LogP contribution is -2.55. The van der Waals surface area contributed by atoms with Gasteiger partial charge in [0.05, 0.1) is 19.1 Å². The average molecular weight is 518 g/mol. The first-order valence-corrected chi connectivity index (χ1v) is 13.8. The van der Waals surface area contributed by atoms with E-state index in [2.05, 4.69) is 5.32 Å². The second-order valence-electron chi connectivity index (χ2n) is 10.1. The van der Waals surface area contributed by atoms with Crippen LogP contribution in [0.1, 0.15) is 50.8 Å². The fourth-order valence-corrected chi connectivity index (χ4v) is 4.93. The minimum Gasteiger partial charge on any atom is -0.497 e. The van der Waals surface area contributed by atoms with E-state index in [1.165, 1.54) is 4.90 Å². The Morgan fingerprint density at radius 3 is 2.28 bits per heavy atom. The third-order valence-electron chi connectivity index (χ3n) is 5.67. The summed E-state index contributed by atoms with van der Waals surface area (Å²) in [6.45, 7) is 10.9. The van der Waals surface area contributed by atoms with Crippen molar-refractivity contribution in [2.45, 2.75) is 66.1 Å². The van der Waals surface area contributed by atoms with Crippen LogP contribution in [0.5, 0.6) is 5.75 Å². The maximum atomic E-state index is 13.8. The maximum absolute atomic E-state index is 13.8. The highest BCUT2D eigenvalue weighted by Gasteiger charge is 2.33. The number of methoxy groups -OCH3 is 1. The van der Waals surface area contributed by atoms with Crippen molar-refractivity contribution in [3.63, 3.8) is 0 Å². The van der Waals surface area contributed by atoms with Gasteiger partial charge in [-0.1, -0.05) is 36.8 Å². The molecular formula is C27H39N3O5S. The van der Waals surface area contributed by atoms with Crippen LogP contribution >= 0.6 is 0 Å². The van der Waals surface area contributed by atoms with E-state index in [0.29, 0.717) is 17.9 Å². The Morgan fingerprint density at radius 1 is 1.08 bits per heavy atom. The number of hydrogen-bond acceptors (Lipinski definition) is 5. The van der Waals surface area contributed by atoms with Gasteiger partial charge in [0.15, 0.2) is 0 Å². The van der Waals surface area contributed by atoms with Crippen molar-refractivity contribution < 1.29 is 22.7 Å². The van der Waals surface area contributed by atoms with Crippen LogP contribution in [0.3, 0.4) is 0 Å². The lowest BCUT2D eigenvalue weighted by atomic mass is 10.1. The number of carbonyl (C=O) groups excluding carboxylic acids is 2. The first-order valence-electron chi connectivity index (χ1n) is 12.0. The van der Waals surface area contributed by atoms with E-state index in [0.717, 1.165) is 27.3 Å². The van der Waals surface area contributed by atoms with E-state index >= 15 is 0 Å². The standard InChI is InChI=1S/C27H39N3O5S/c1-9-23(26(32)28-27(4,5)6)29(17-21-11-10-12-22(16-21)35-7)25(31)18-30(36(8,33)34)24-14-13-19(2)15-20(24)3/h10-16,23H,9,17-18H2,1-8H3,(H,28,32)/t23-/m1/s1. The quantitative estimate of drug-likeness (QED) is 0.517. The van der Waals surface area contributed by atoms with Crippen LogP contribution in [0.25, 0.3) is 0 Å². The Kier molecular flexibility index (Phi) is 9.54. The highest BCUT2D eigenvalue weighted by atomic mass is 32.2. The van der Waals surface area contributed by atoms with Crippen LogP contribution in [0.2, 0.25) is 0 Å². The van der Waals surface area contributed by atoms with Gasteiger partial charge in [0.2, 0.25) is 21.8 Å². The van der Waals surface area contributed by atoms with Gasteiger partial charge in [0.25, 0.3) is 0 Å². The molecule has 0 heterocycles. The SMILES string of the molecule is CC[C@H](C(=O)NC(C)(C)C)N(Cc1cccc(OC)c1)C(=O)CN(c1ccc(C)cc1C)S(C)(=O)=O. The molecule has 0 saturated heterocycles. The van der Waals surface area contributed by atoms with Gasteiger partial charge >= 0.3 is 0 Å². The molecule has 0 fully saturated rings. The summed E-state index contributed by atoms with van der Waals surface area (Å²) in [6, 6.07) is 11.8. The van der Waals surface area contributed by atoms with Crippen LogP contribution in [0.15, 0.2) is 42.5 Å². The average Bonchev–Trinajstić information content (AvgIpc) is 2.76. The van der Waals surface area contributed by atoms with Crippen molar-refractivity contribution >= 4 is 27.5 Å². The monoisotopic (exact) mass is 517 g/mol. The molecule has 0 aromatic heterocycles. The van der Waals surface area contributed by atoms with E-state index in [4.69, 9.17) is 4.74 Å². The van der Waals surface area contributed by atoms with Gasteiger partial charge in [-0.25, -0.2) is 8.42 Å². The zero-order valence-corrected chi connectivity index (χ0v) is 23.4. The van der Waals surface area contributed by atoms with E-state index in [1.807, 2.05) is 65.8 Å². The van der Waals surface area contributed by atoms with Crippen molar-refractivity contribution in [2.75, 3.05) is 24.2 Å². The summed E-state index contributed by atoms with van der Waals surface area (Å²) in [5.41, 5.74) is 2.44. The molecule has 2 amide bonds. The molecule has 36 heavy (non-hydrogen) atoms. The molecule has 0 unspecified atom stereocenters. The summed E-state index contributed by atoms with van der Waals surface area (Å²) in [6.07, 6.45) is 1.44. The number of hydrogen-bond donors (Lipinski definition) is 1. The number of benzene rings is 2. The van der Waals surface area contributed by atoms with Gasteiger partial charge in [-0.3, -0.25) is 13.9 Å². The summed E-state index contributed by atoms with van der Waals surface area (Å²) < 4.78 is 32.0. The zero-order valence-electron chi connectivity index (χ0n) is 22.6. The second kappa shape index (κ2) is 11.8. The van der Waals surface area contributed by atoms with Gasteiger partial charge in [-0.15, -0.1) is 0 Å². The molecule has 0 aliphatic carbocycles. The largest absolute Gasteiger partial charge is 0.497 e. The second-order valence-corrected chi connectivity index (χ2v) is 12.0. The zero-order chi connectivity index (χ0) is 27.3. The summed E-state index contributed by atoms with van der Waals surface area (Å²) in [5.74, 6) is -0.141. The van der Waals surface area contributed by atoms with E-state index in [-0.39, 0.29) is 12.5 Å². The molecule has 2 aromatic rings. The smallest absolute Gasteiger partial charge is 0.244 e. The molecule has 0 aliphatic rings. The molecular weight excluding hydrogens is 478 g/mol. The molecule has 0 spiro atoms. The predicted molar refractivity (Wildman–Crippen MR) is 144 cm³/mol. The number of nitrogens with one attached hydrogen (secondary N) is 1. The van der Waals surface area contributed by atoms with Gasteiger partial charge in [0.1, 0.15) is 18.3 Å². The molecule has 2 aromatic carbocycles. The number of ether oxygens (including phenoxy) is 1. The van der Waals surface area contributed by atoms with Crippen LogP contribution in [0, 0.1) is 13.8 Å². The lowest BCUT2D eigenvalue weighted by Gasteiger charge is -2.34. The highest BCUT2D eigenvalue weighted by molar-refractivity contribution is 7.92. The van der Waals surface area contributed by atoms with Crippen molar-refractivity contribution in [1.29, 1.82) is 0 Å². The third-order valence-corrected chi connectivity index (χ3v) is 6.80. The molecule has 0 bridgehead atoms. The Morgan fingerprint density at radius 2 is 1.75 bits per heavy atom. The van der Waals surface area contributed by atoms with Crippen LogP contribution < -0.4 is 14.4 Å². The summed E-state index contributed by atoms with van der Waals surface area (Å²) in [7, 11) is -2.22. The molecule has 8 nitrogen and oxygen atoms in total. The lowest BCUT2D eigenvalue weighted by molar-refractivity contribution is -0.141. The third kappa shape index (κ3) is 7.98. The first-order chi connectivity index (χ1) is 16.7. The molecule has 0 aliphatic heterocycles. The van der Waals surface area contributed by atoms with Gasteiger partial charge < -0.3 is 15.0 Å². The minimum atomic E-state index is -3.78. The van der Waals surface area contributed by atoms with Crippen molar-refractivity contribution in [1.82, 2.24) is 10.2 Å². The number of amides is 2. The van der Waals surface area contributed by atoms with E-state index in [9.17, 15) is 18.0 Å². The Bertz CT molecular complexity index is 1190. The first kappa shape index (κ1) is 29.2. The molecule has 2 rings (SSSR count). The molecule has 9 heteroatoms. The molecule has 1 atom stereocenters. The number of nitrogens with zero attached hydrogens (tertiary/aromatic N) is 2.